The number of ether oxygens (including phenoxy) is 1. The third-order valence-corrected chi connectivity index (χ3v) is 1.37. The molecule has 0 bridgehead atoms. The van der Waals surface area contributed by atoms with Gasteiger partial charge < -0.3 is 4.74 Å². The molecule has 0 radical (unpaired) electrons. The van der Waals surface area contributed by atoms with Crippen LogP contribution in [0.1, 0.15) is 19.8 Å². The summed E-state index contributed by atoms with van der Waals surface area (Å²) in [5, 5.41) is -0.711. The molecule has 8 heavy (non-hydrogen) atoms. The zero-order chi connectivity index (χ0) is 6.20. The highest BCUT2D eigenvalue weighted by atomic mass is 35.5. The lowest BCUT2D eigenvalue weighted by Gasteiger charge is -2.10. The van der Waals surface area contributed by atoms with Crippen LogP contribution in [0.4, 0.5) is 0 Å². The Kier molecular flexibility index (Phi) is 1.19. The van der Waals surface area contributed by atoms with E-state index in [2.05, 4.69) is 4.74 Å². The van der Waals surface area contributed by atoms with Crippen LogP contribution in [0.15, 0.2) is 0 Å². The van der Waals surface area contributed by atoms with Crippen molar-refractivity contribution in [3.05, 3.63) is 0 Å². The second-order valence-corrected chi connectivity index (χ2v) is 2.88. The Balaban J connectivity index is 2.56. The van der Waals surface area contributed by atoms with Crippen LogP contribution in [0.2, 0.25) is 0 Å². The van der Waals surface area contributed by atoms with Gasteiger partial charge in [-0.3, -0.25) is 4.79 Å². The van der Waals surface area contributed by atoms with Gasteiger partial charge in [-0.1, -0.05) is 11.6 Å². The van der Waals surface area contributed by atoms with Gasteiger partial charge in [-0.15, -0.1) is 0 Å². The van der Waals surface area contributed by atoms with E-state index in [1.807, 2.05) is 0 Å². The summed E-state index contributed by atoms with van der Waals surface area (Å²) in [7, 11) is 0. The first-order valence-electron chi connectivity index (χ1n) is 2.51. The third-order valence-electron chi connectivity index (χ3n) is 1.10. The first kappa shape index (κ1) is 5.89. The number of carbonyl (C=O) groups excluding carboxylic acids is 1. The van der Waals surface area contributed by atoms with Crippen molar-refractivity contribution in [3.63, 3.8) is 0 Å². The van der Waals surface area contributed by atoms with Gasteiger partial charge in [0, 0.05) is 6.42 Å². The Hall–Kier alpha value is -0.240. The van der Waals surface area contributed by atoms with Crippen molar-refractivity contribution in [2.75, 3.05) is 0 Å². The molecule has 1 atom stereocenters. The Bertz CT molecular complexity index is 120. The van der Waals surface area contributed by atoms with E-state index < -0.39 is 5.06 Å². The molecule has 46 valence electrons. The van der Waals surface area contributed by atoms with Gasteiger partial charge in [0.05, 0.1) is 6.42 Å². The Labute approximate surface area is 52.8 Å². The van der Waals surface area contributed by atoms with Crippen LogP contribution in [0.3, 0.4) is 0 Å². The van der Waals surface area contributed by atoms with E-state index in [0.717, 1.165) is 0 Å². The molecule has 1 fully saturated rings. The molecule has 0 N–H and O–H groups in total. The Morgan fingerprint density at radius 1 is 1.88 bits per heavy atom. The molecule has 1 aliphatic rings. The van der Waals surface area contributed by atoms with E-state index >= 15 is 0 Å². The molecular formula is C5H7ClO2. The molecule has 0 amide bonds. The summed E-state index contributed by atoms with van der Waals surface area (Å²) in [6, 6.07) is 0. The van der Waals surface area contributed by atoms with Crippen LogP contribution in [0.5, 0.6) is 0 Å². The number of carbonyl (C=O) groups is 1. The largest absolute Gasteiger partial charge is 0.443 e. The molecule has 1 saturated heterocycles. The van der Waals surface area contributed by atoms with E-state index in [4.69, 9.17) is 11.6 Å². The number of rotatable bonds is 0. The fraction of sp³-hybridized carbons (Fsp3) is 0.800. The van der Waals surface area contributed by atoms with E-state index in [0.29, 0.717) is 12.8 Å². The third kappa shape index (κ3) is 1.13. The van der Waals surface area contributed by atoms with E-state index in [-0.39, 0.29) is 5.97 Å². The van der Waals surface area contributed by atoms with Gasteiger partial charge in [0.25, 0.3) is 0 Å². The fourth-order valence-corrected chi connectivity index (χ4v) is 0.845. The zero-order valence-electron chi connectivity index (χ0n) is 4.61. The number of halogens is 1. The van der Waals surface area contributed by atoms with Crippen molar-refractivity contribution >= 4 is 17.6 Å². The Morgan fingerprint density at radius 3 is 2.62 bits per heavy atom. The topological polar surface area (TPSA) is 26.3 Å². The van der Waals surface area contributed by atoms with Crippen LogP contribution in [0.25, 0.3) is 0 Å². The summed E-state index contributed by atoms with van der Waals surface area (Å²) in [4.78, 5) is 10.4. The SMILES string of the molecule is C[C@]1(Cl)CCC(=O)O1. The summed E-state index contributed by atoms with van der Waals surface area (Å²) >= 11 is 5.62. The molecule has 0 aromatic carbocycles. The summed E-state index contributed by atoms with van der Waals surface area (Å²) in [6.07, 6.45) is 1.09. The van der Waals surface area contributed by atoms with Crippen molar-refractivity contribution < 1.29 is 9.53 Å². The van der Waals surface area contributed by atoms with E-state index in [9.17, 15) is 4.79 Å². The van der Waals surface area contributed by atoms with Gasteiger partial charge >= 0.3 is 5.97 Å². The second-order valence-electron chi connectivity index (χ2n) is 2.08. The minimum Gasteiger partial charge on any atom is -0.443 e. The van der Waals surface area contributed by atoms with Crippen molar-refractivity contribution in [1.82, 2.24) is 0 Å². The first-order valence-corrected chi connectivity index (χ1v) is 2.89. The number of hydrogen-bond donors (Lipinski definition) is 0. The van der Waals surface area contributed by atoms with Gasteiger partial charge in [-0.05, 0) is 6.92 Å². The molecule has 1 aliphatic heterocycles. The van der Waals surface area contributed by atoms with E-state index in [1.165, 1.54) is 0 Å². The number of hydrogen-bond acceptors (Lipinski definition) is 2. The quantitative estimate of drug-likeness (QED) is 0.369. The minimum atomic E-state index is -0.711. The highest BCUT2D eigenvalue weighted by Crippen LogP contribution is 2.29. The van der Waals surface area contributed by atoms with Crippen LogP contribution in [-0.2, 0) is 9.53 Å². The molecule has 0 spiro atoms. The monoisotopic (exact) mass is 134 g/mol. The molecule has 0 aromatic heterocycles. The summed E-state index contributed by atoms with van der Waals surface area (Å²) in [5.74, 6) is -0.192. The number of cyclic esters (lactones) is 1. The maximum absolute atomic E-state index is 10.4. The van der Waals surface area contributed by atoms with Gasteiger partial charge in [-0.25, -0.2) is 0 Å². The van der Waals surface area contributed by atoms with Gasteiger partial charge in [0.1, 0.15) is 0 Å². The number of esters is 1. The average molecular weight is 135 g/mol. The van der Waals surface area contributed by atoms with Crippen molar-refractivity contribution in [2.45, 2.75) is 24.8 Å². The fourth-order valence-electron chi connectivity index (χ4n) is 0.665. The number of alkyl halides is 1. The van der Waals surface area contributed by atoms with Gasteiger partial charge in [0.15, 0.2) is 5.06 Å². The van der Waals surface area contributed by atoms with Crippen molar-refractivity contribution in [2.24, 2.45) is 0 Å². The molecular weight excluding hydrogens is 128 g/mol. The van der Waals surface area contributed by atoms with Crippen LogP contribution >= 0.6 is 11.6 Å². The molecule has 0 aromatic rings. The maximum Gasteiger partial charge on any atom is 0.307 e. The molecule has 1 rings (SSSR count). The normalized spacial score (nSPS) is 37.5. The highest BCUT2D eigenvalue weighted by molar-refractivity contribution is 6.23. The predicted molar refractivity (Wildman–Crippen MR) is 29.6 cm³/mol. The average Bonchev–Trinajstić information content (AvgIpc) is 1.82. The van der Waals surface area contributed by atoms with Crippen molar-refractivity contribution in [1.29, 1.82) is 0 Å². The summed E-state index contributed by atoms with van der Waals surface area (Å²) < 4.78 is 4.68. The molecule has 1 heterocycles. The lowest BCUT2D eigenvalue weighted by atomic mass is 10.3. The molecule has 2 nitrogen and oxygen atoms in total. The summed E-state index contributed by atoms with van der Waals surface area (Å²) in [6.45, 7) is 1.69. The minimum absolute atomic E-state index is 0.192. The summed E-state index contributed by atoms with van der Waals surface area (Å²) in [5.41, 5.74) is 0. The smallest absolute Gasteiger partial charge is 0.307 e. The zero-order valence-corrected chi connectivity index (χ0v) is 5.36. The highest BCUT2D eigenvalue weighted by Gasteiger charge is 2.32. The Morgan fingerprint density at radius 2 is 2.50 bits per heavy atom. The standard InChI is InChI=1S/C5H7ClO2/c1-5(6)3-2-4(7)8-5/h2-3H2,1H3/t5-/m1/s1. The van der Waals surface area contributed by atoms with Crippen LogP contribution in [-0.4, -0.2) is 11.0 Å². The second kappa shape index (κ2) is 1.62. The lowest BCUT2D eigenvalue weighted by molar-refractivity contribution is -0.142. The van der Waals surface area contributed by atoms with Gasteiger partial charge in [-0.2, -0.15) is 0 Å². The molecule has 3 heteroatoms. The maximum atomic E-state index is 10.4. The molecule has 0 saturated carbocycles. The predicted octanol–water partition coefficient (Wildman–Crippen LogP) is 1.28. The van der Waals surface area contributed by atoms with Crippen LogP contribution in [0, 0.1) is 0 Å². The lowest BCUT2D eigenvalue weighted by Crippen LogP contribution is -2.13. The van der Waals surface area contributed by atoms with Crippen molar-refractivity contribution in [3.8, 4) is 0 Å². The van der Waals surface area contributed by atoms with Crippen LogP contribution < -0.4 is 0 Å². The molecule has 0 aliphatic carbocycles. The first-order chi connectivity index (χ1) is 3.60. The van der Waals surface area contributed by atoms with E-state index in [1.54, 1.807) is 6.92 Å². The molecule has 0 unspecified atom stereocenters. The van der Waals surface area contributed by atoms with Gasteiger partial charge in [0.2, 0.25) is 0 Å².